The third kappa shape index (κ3) is 14.2. The Balaban J connectivity index is 6.75. The maximum absolute atomic E-state index is 3.38. The summed E-state index contributed by atoms with van der Waals surface area (Å²) < 4.78 is 3.18. The van der Waals surface area contributed by atoms with Crippen molar-refractivity contribution >= 4 is 202 Å². The molecule has 29 heavy (non-hydrogen) atoms. The van der Waals surface area contributed by atoms with Gasteiger partial charge in [-0.1, -0.05) is 16.9 Å². The molecule has 1 nitrogen and oxygen atoms in total. The first-order valence-corrected chi connectivity index (χ1v) is 51.3. The maximum Gasteiger partial charge on any atom is 0.0385 e. The Labute approximate surface area is 224 Å². The van der Waals surface area contributed by atoms with Crippen molar-refractivity contribution in [3.63, 3.8) is 0 Å². The molecule has 176 valence electrons. The van der Waals surface area contributed by atoms with Crippen LogP contribution in [0.25, 0.3) is 0 Å². The summed E-state index contributed by atoms with van der Waals surface area (Å²) >= 11 is 0. The van der Waals surface area contributed by atoms with E-state index in [9.17, 15) is 0 Å². The second-order valence-corrected chi connectivity index (χ2v) is 97.9. The Morgan fingerprint density at radius 1 is 0.586 bits per heavy atom. The molecule has 0 amide bonds. The van der Waals surface area contributed by atoms with Crippen LogP contribution in [0.15, 0.2) is 0 Å². The van der Waals surface area contributed by atoms with Gasteiger partial charge in [-0.25, -0.2) is 4.44 Å². The lowest BCUT2D eigenvalue weighted by molar-refractivity contribution is 0.592. The van der Waals surface area contributed by atoms with E-state index in [0.29, 0.717) is 6.04 Å². The highest BCUT2D eigenvalue weighted by Crippen LogP contribution is 3.23. The van der Waals surface area contributed by atoms with Gasteiger partial charge in [-0.3, -0.25) is 0 Å². The van der Waals surface area contributed by atoms with Gasteiger partial charge < -0.3 is 0 Å². The zero-order valence-electron chi connectivity index (χ0n) is 15.9. The number of hydrogen-bond donors (Lipinski definition) is 0. The summed E-state index contributed by atoms with van der Waals surface area (Å²) in [6, 6.07) is 0.620. The molecule has 0 aliphatic carbocycles. The van der Waals surface area contributed by atoms with Crippen LogP contribution in [0.1, 0.15) is 13.8 Å². The fraction of sp³-hybridized carbons (Fsp3) is 1.00. The first-order chi connectivity index (χ1) is 13.2. The fourth-order valence-electron chi connectivity index (χ4n) is 1.76. The van der Waals surface area contributed by atoms with E-state index in [1.165, 1.54) is 0 Å². The summed E-state index contributed by atoms with van der Waals surface area (Å²) in [5.41, 5.74) is 0. The van der Waals surface area contributed by atoms with Crippen LogP contribution < -0.4 is 0 Å². The summed E-state index contributed by atoms with van der Waals surface area (Å²) in [6.45, 7) is 4.39. The average Bonchev–Trinajstić information content (AvgIpc) is 2.56. The van der Waals surface area contributed by atoms with Crippen LogP contribution in [0.5, 0.6) is 0 Å². The summed E-state index contributed by atoms with van der Waals surface area (Å²) in [4.78, 5) is 0. The molecule has 0 aromatic rings. The molecule has 0 N–H and O–H groups in total. The first kappa shape index (κ1) is 39.7. The Kier molecular flexibility index (Phi) is 29.3. The summed E-state index contributed by atoms with van der Waals surface area (Å²) in [7, 11) is 42.7. The molecular formula is C3H34NP25. The molecule has 0 heterocycles. The molecule has 0 rings (SSSR count). The highest BCUT2D eigenvalue weighted by Gasteiger charge is 2.46. The summed E-state index contributed by atoms with van der Waals surface area (Å²) in [5, 5.41) is 0. The zero-order chi connectivity index (χ0) is 23.2. The molecule has 0 aliphatic rings. The van der Waals surface area contributed by atoms with E-state index in [1.807, 2.05) is 0 Å². The predicted octanol–water partition coefficient (Wildman–Crippen LogP) is 14.9. The molecule has 0 aliphatic heterocycles. The highest BCUT2D eigenvalue weighted by atomic mass is 33.2. The van der Waals surface area contributed by atoms with Crippen LogP contribution in [-0.4, -0.2) is 10.5 Å². The lowest BCUT2D eigenvalue weighted by Crippen LogP contribution is -2.17. The van der Waals surface area contributed by atoms with Gasteiger partial charge >= 0.3 is 0 Å². The largest absolute Gasteiger partial charge is 0.241 e. The third-order valence-corrected chi connectivity index (χ3v) is 142. The van der Waals surface area contributed by atoms with E-state index < -0.39 is 0 Å². The van der Waals surface area contributed by atoms with Gasteiger partial charge in [0.25, 0.3) is 0 Å². The van der Waals surface area contributed by atoms with Crippen molar-refractivity contribution in [2.45, 2.75) is 19.9 Å². The van der Waals surface area contributed by atoms with Crippen molar-refractivity contribution in [3.05, 3.63) is 0 Å². The van der Waals surface area contributed by atoms with E-state index in [4.69, 9.17) is 0 Å². The van der Waals surface area contributed by atoms with Gasteiger partial charge in [0, 0.05) is 34.9 Å². The lowest BCUT2D eigenvalue weighted by atomic mass is 10.4. The van der Waals surface area contributed by atoms with E-state index in [0.717, 1.165) is 7.96 Å². The number of rotatable bonds is 13. The molecule has 26 heteroatoms. The van der Waals surface area contributed by atoms with Crippen molar-refractivity contribution in [2.24, 2.45) is 0 Å². The van der Waals surface area contributed by atoms with Crippen molar-refractivity contribution in [3.8, 4) is 0 Å². The topological polar surface area (TPSA) is 3.24 Å². The molecule has 0 fully saturated rings. The minimum Gasteiger partial charge on any atom is -0.241 e. The lowest BCUT2D eigenvalue weighted by Gasteiger charge is -2.52. The van der Waals surface area contributed by atoms with Crippen LogP contribution in [0.4, 0.5) is 0 Å². The van der Waals surface area contributed by atoms with E-state index in [-0.39, 0.29) is 77.8 Å². The number of hydrogen-bond acceptors (Lipinski definition) is 1. The molecule has 0 spiro atoms. The second kappa shape index (κ2) is 21.4. The Morgan fingerprint density at radius 3 is 1.17 bits per heavy atom. The predicted molar refractivity (Wildman–Crippen MR) is 228 cm³/mol. The van der Waals surface area contributed by atoms with Gasteiger partial charge in [-0.05, 0) is 62.8 Å². The smallest absolute Gasteiger partial charge is 0.0385 e. The summed E-state index contributed by atoms with van der Waals surface area (Å²) in [6.07, 6.45) is 0. The Bertz CT molecular complexity index is 418. The Hall–Kier alpha value is 10.7. The van der Waals surface area contributed by atoms with Gasteiger partial charge in [-0.2, -0.15) is 0 Å². The maximum atomic E-state index is 3.38. The van der Waals surface area contributed by atoms with Gasteiger partial charge in [0.05, 0.1) is 0 Å². The van der Waals surface area contributed by atoms with Gasteiger partial charge in [-0.15, -0.1) is 107 Å². The van der Waals surface area contributed by atoms with Gasteiger partial charge in [0.2, 0.25) is 0 Å². The summed E-state index contributed by atoms with van der Waals surface area (Å²) in [5.74, 6) is 0. The van der Waals surface area contributed by atoms with Crippen molar-refractivity contribution < 1.29 is 0 Å². The molecule has 0 bridgehead atoms. The quantitative estimate of drug-likeness (QED) is 0.167. The molecule has 0 radical (unpaired) electrons. The van der Waals surface area contributed by atoms with E-state index >= 15 is 0 Å². The van der Waals surface area contributed by atoms with E-state index in [1.54, 1.807) is 0 Å². The monoisotopic (exact) mass is 859 g/mol. The molecule has 0 aromatic carbocycles. The van der Waals surface area contributed by atoms with Crippen molar-refractivity contribution in [1.29, 1.82) is 0 Å². The van der Waals surface area contributed by atoms with Crippen LogP contribution in [0, 0.1) is 0 Å². The molecule has 0 saturated heterocycles. The molecule has 18 atom stereocenters. The molecule has 0 aromatic heterocycles. The van der Waals surface area contributed by atoms with Crippen molar-refractivity contribution in [1.82, 2.24) is 4.44 Å². The standard InChI is InChI=1S/C3H34NP25/c1-3(2)4(19(26(16)18-5)28(22(8)9)23(10)11)20(27(17)21(6)7)29(24(12)13)25(14)15/h3,18H,5-17H2,1-2H3. The van der Waals surface area contributed by atoms with Crippen LogP contribution in [0.3, 0.4) is 0 Å². The van der Waals surface area contributed by atoms with Crippen LogP contribution in [-0.2, 0) is 0 Å². The van der Waals surface area contributed by atoms with Gasteiger partial charge in [0.1, 0.15) is 0 Å². The number of nitrogens with zero attached hydrogens (tertiary/aromatic N) is 1. The second-order valence-electron chi connectivity index (χ2n) is 5.18. The van der Waals surface area contributed by atoms with Crippen LogP contribution in [0.2, 0.25) is 0 Å². The Morgan fingerprint density at radius 2 is 0.931 bits per heavy atom. The average molecular weight is 859 g/mol. The third-order valence-electron chi connectivity index (χ3n) is 2.72. The molecule has 0 saturated carbocycles. The van der Waals surface area contributed by atoms with E-state index in [2.05, 4.69) is 134 Å². The first-order valence-electron chi connectivity index (χ1n) is 7.22. The minimum absolute atomic E-state index is 0.0167. The SMILES string of the molecule is CC(C)N(P(P(P)PP)P(P(P)P)P(P)P)P(P(P)P(P)P)P(P(P)P)P(P)P. The molecule has 18 unspecified atom stereocenters. The highest BCUT2D eigenvalue weighted by molar-refractivity contribution is 9.22. The van der Waals surface area contributed by atoms with Gasteiger partial charge in [0.15, 0.2) is 0 Å². The molecular weight excluding hydrogens is 824 g/mol. The normalized spacial score (nSPS) is 18.2. The fourth-order valence-corrected chi connectivity index (χ4v) is 210. The minimum atomic E-state index is -0.152. The van der Waals surface area contributed by atoms with Crippen molar-refractivity contribution in [2.75, 3.05) is 0 Å². The van der Waals surface area contributed by atoms with Crippen LogP contribution >= 0.6 is 202 Å². The zero-order valence-corrected chi connectivity index (χ0v) is 41.8.